The summed E-state index contributed by atoms with van der Waals surface area (Å²) in [6, 6.07) is 4.18. The fraction of sp³-hybridized carbons (Fsp3) is 0.186. The molecule has 0 atom stereocenters. The van der Waals surface area contributed by atoms with Crippen molar-refractivity contribution in [3.63, 3.8) is 0 Å². The van der Waals surface area contributed by atoms with Crippen LogP contribution in [-0.4, -0.2) is 6.15 Å². The molecule has 0 bridgehead atoms. The van der Waals surface area contributed by atoms with E-state index in [0.29, 0.717) is 10.8 Å². The van der Waals surface area contributed by atoms with E-state index in [2.05, 4.69) is 0 Å². The zero-order valence-electron chi connectivity index (χ0n) is 34.0. The molecule has 2 nitrogen and oxygen atoms in total. The molecule has 0 saturated carbocycles. The van der Waals surface area contributed by atoms with Gasteiger partial charge in [-0.25, -0.2) is 4.84 Å². The van der Waals surface area contributed by atoms with Gasteiger partial charge in [0.25, 0.3) is 0 Å². The summed E-state index contributed by atoms with van der Waals surface area (Å²) in [5.41, 5.74) is -30.2. The molecular weight excluding hydrogens is 1050 g/mol. The lowest BCUT2D eigenvalue weighted by molar-refractivity contribution is -0.875. The lowest BCUT2D eigenvalue weighted by Gasteiger charge is -2.46. The maximum atomic E-state index is 14.2. The Bertz CT molecular complexity index is 2420. The molecule has 0 unspecified atom stereocenters. The normalized spacial score (nSPS) is 13.4. The van der Waals surface area contributed by atoms with Crippen LogP contribution in [0.3, 0.4) is 0 Å². The van der Waals surface area contributed by atoms with Crippen LogP contribution in [0.5, 0.6) is 5.75 Å². The Morgan fingerprint density at radius 3 is 0.761 bits per heavy atom. The number of alkyl halides is 24. The summed E-state index contributed by atoms with van der Waals surface area (Å²) in [6.45, 7) is 0. The van der Waals surface area contributed by atoms with Gasteiger partial charge in [-0.05, 0) is 36.4 Å². The van der Waals surface area contributed by atoms with Crippen LogP contribution in [-0.2, 0) is 49.4 Å². The van der Waals surface area contributed by atoms with Gasteiger partial charge in [0, 0.05) is 28.0 Å². The van der Waals surface area contributed by atoms with E-state index in [9.17, 15) is 105 Å². The Balaban J connectivity index is 0.000000569. The largest absolute Gasteiger partial charge is 0.416 e. The summed E-state index contributed by atoms with van der Waals surface area (Å²) < 4.78 is 342. The van der Waals surface area contributed by atoms with Crippen LogP contribution >= 0.6 is 11.6 Å². The van der Waals surface area contributed by atoms with Gasteiger partial charge in [0.2, 0.25) is 18.1 Å². The van der Waals surface area contributed by atoms with Crippen molar-refractivity contribution in [1.82, 2.24) is 0 Å². The summed E-state index contributed by atoms with van der Waals surface area (Å²) in [5, 5.41) is 0.666. The van der Waals surface area contributed by atoms with Crippen molar-refractivity contribution in [2.45, 2.75) is 49.4 Å². The molecule has 0 fully saturated rings. The number of rotatable bonds is 6. The molecule has 0 aliphatic heterocycles. The first-order chi connectivity index (χ1) is 32.1. The monoisotopic (exact) mass is 1070 g/mol. The van der Waals surface area contributed by atoms with Crippen molar-refractivity contribution < 1.29 is 115 Å². The summed E-state index contributed by atoms with van der Waals surface area (Å²) in [6.07, 6.45) is -51.2. The summed E-state index contributed by atoms with van der Waals surface area (Å²) in [7, 11) is 0. The number of nitrogens with zero attached hydrogens (tertiary/aromatic N) is 1. The molecule has 1 aromatic heterocycles. The second-order valence-corrected chi connectivity index (χ2v) is 15.4. The van der Waals surface area contributed by atoms with E-state index < -0.39 is 195 Å². The van der Waals surface area contributed by atoms with Crippen molar-refractivity contribution >= 4 is 39.6 Å². The molecule has 28 heteroatoms. The molecule has 71 heavy (non-hydrogen) atoms. The Morgan fingerprint density at radius 2 is 0.549 bits per heavy atom. The Labute approximate surface area is 386 Å². The predicted octanol–water partition coefficient (Wildman–Crippen LogP) is 13.7. The first kappa shape index (κ1) is 55.6. The molecule has 6 aromatic rings. The zero-order chi connectivity index (χ0) is 53.7. The van der Waals surface area contributed by atoms with Gasteiger partial charge < -0.3 is 0 Å². The third kappa shape index (κ3) is 13.2. The van der Waals surface area contributed by atoms with E-state index in [1.54, 1.807) is 10.8 Å². The molecular formula is C43H21BClF24NO. The van der Waals surface area contributed by atoms with Crippen molar-refractivity contribution in [3.05, 3.63) is 177 Å². The van der Waals surface area contributed by atoms with Crippen LogP contribution < -0.4 is 31.4 Å². The average molecular weight is 1070 g/mol. The van der Waals surface area contributed by atoms with Gasteiger partial charge >= 0.3 is 49.4 Å². The predicted molar refractivity (Wildman–Crippen MR) is 204 cm³/mol. The first-order valence-corrected chi connectivity index (χ1v) is 19.2. The lowest BCUT2D eigenvalue weighted by atomic mass is 9.12. The highest BCUT2D eigenvalue weighted by Crippen LogP contribution is 2.41. The van der Waals surface area contributed by atoms with Crippen molar-refractivity contribution in [3.8, 4) is 5.75 Å². The molecule has 0 aliphatic rings. The molecule has 5 aromatic carbocycles. The highest BCUT2D eigenvalue weighted by Gasteiger charge is 2.47. The minimum absolute atomic E-state index is 0.666. The van der Waals surface area contributed by atoms with E-state index in [1.165, 1.54) is 0 Å². The second kappa shape index (κ2) is 19.0. The Hall–Kier alpha value is -6.28. The van der Waals surface area contributed by atoms with Crippen molar-refractivity contribution in [1.29, 1.82) is 0 Å². The van der Waals surface area contributed by atoms with Crippen LogP contribution in [0, 0.1) is 0 Å². The van der Waals surface area contributed by atoms with Crippen molar-refractivity contribution in [2.75, 3.05) is 0 Å². The van der Waals surface area contributed by atoms with Crippen LogP contribution in [0.2, 0.25) is 5.02 Å². The quantitative estimate of drug-likeness (QED) is 0.0920. The third-order valence-electron chi connectivity index (χ3n) is 10.1. The zero-order valence-corrected chi connectivity index (χ0v) is 34.8. The van der Waals surface area contributed by atoms with Gasteiger partial charge in [-0.1, -0.05) is 72.3 Å². The van der Waals surface area contributed by atoms with E-state index >= 15 is 0 Å². The second-order valence-electron chi connectivity index (χ2n) is 15.0. The van der Waals surface area contributed by atoms with Crippen molar-refractivity contribution in [2.24, 2.45) is 0 Å². The third-order valence-corrected chi connectivity index (χ3v) is 10.4. The first-order valence-electron chi connectivity index (χ1n) is 18.9. The average Bonchev–Trinajstić information content (AvgIpc) is 3.22. The number of hydrogen-bond donors (Lipinski definition) is 0. The fourth-order valence-corrected chi connectivity index (χ4v) is 7.34. The highest BCUT2D eigenvalue weighted by atomic mass is 35.5. The van der Waals surface area contributed by atoms with Gasteiger partial charge in [0.05, 0.1) is 44.5 Å². The number of halogens is 25. The summed E-state index contributed by atoms with van der Waals surface area (Å²) >= 11 is 5.82. The maximum absolute atomic E-state index is 14.2. The van der Waals surface area contributed by atoms with Gasteiger partial charge in [0.15, 0.2) is 0 Å². The highest BCUT2D eigenvalue weighted by molar-refractivity contribution is 7.20. The number of hydrogen-bond acceptors (Lipinski definition) is 1. The minimum atomic E-state index is -6.13. The molecule has 0 amide bonds. The Morgan fingerprint density at radius 1 is 0.310 bits per heavy atom. The van der Waals surface area contributed by atoms with E-state index in [-0.39, 0.29) is 0 Å². The summed E-state index contributed by atoms with van der Waals surface area (Å²) in [5.74, 6) is 0.716. The molecule has 0 aliphatic carbocycles. The number of pyridine rings is 1. The SMILES string of the molecule is Clc1cccc(O[n+]2ccccc2)c1.FC(F)(F)c1cc([B-](c2cc(C(F)(F)F)cc(C(F)(F)F)c2)(c2cc(C(F)(F)F)cc(C(F)(F)F)c2)c2cc(C(F)(F)F)cc(C(F)(F)F)c2)cc(C(F)(F)F)c1. The molecule has 382 valence electrons. The standard InChI is InChI=1S/C32H12BF24.C11H9ClNO/c34-25(35,36)13-1-14(26(37,38)39)6-21(5-13)33(22-7-15(27(40,41)42)2-16(8-22)28(43,44)45,23-9-17(29(46,47)48)3-18(10-23)30(49,50)51)24-11-19(31(52,53)54)4-20(12-24)32(55,56)57;12-10-5-4-6-11(9-10)14-13-7-2-1-3-8-13/h1-12H;1-9H/q-1;+1. The molecule has 0 saturated heterocycles. The van der Waals surface area contributed by atoms with Crippen LogP contribution in [0.15, 0.2) is 128 Å². The van der Waals surface area contributed by atoms with Gasteiger partial charge in [-0.15, -0.1) is 0 Å². The smallest absolute Gasteiger partial charge is 0.231 e. The molecule has 0 N–H and O–H groups in total. The summed E-state index contributed by atoms with van der Waals surface area (Å²) in [4.78, 5) is 5.49. The minimum Gasteiger partial charge on any atom is -0.231 e. The van der Waals surface area contributed by atoms with Crippen LogP contribution in [0.1, 0.15) is 44.5 Å². The molecule has 0 spiro atoms. The van der Waals surface area contributed by atoms with Gasteiger partial charge in [-0.2, -0.15) is 127 Å². The van der Waals surface area contributed by atoms with Gasteiger partial charge in [0.1, 0.15) is 6.15 Å². The maximum Gasteiger partial charge on any atom is 0.416 e. The van der Waals surface area contributed by atoms with E-state index in [4.69, 9.17) is 16.4 Å². The van der Waals surface area contributed by atoms with Crippen LogP contribution in [0.4, 0.5) is 105 Å². The van der Waals surface area contributed by atoms with E-state index in [1.807, 2.05) is 48.8 Å². The molecule has 6 rings (SSSR count). The molecule has 0 radical (unpaired) electrons. The molecule has 1 heterocycles. The lowest BCUT2D eigenvalue weighted by Crippen LogP contribution is -2.75. The number of benzene rings is 5. The Kier molecular flexibility index (Phi) is 14.9. The topological polar surface area (TPSA) is 13.1 Å². The fourth-order valence-electron chi connectivity index (χ4n) is 7.16. The van der Waals surface area contributed by atoms with Gasteiger partial charge in [-0.3, -0.25) is 0 Å². The number of aromatic nitrogens is 1. The van der Waals surface area contributed by atoms with E-state index in [0.717, 1.165) is 0 Å². The van der Waals surface area contributed by atoms with Crippen LogP contribution in [0.25, 0.3) is 0 Å².